The van der Waals surface area contributed by atoms with E-state index in [2.05, 4.69) is 16.8 Å². The Morgan fingerprint density at radius 1 is 1.36 bits per heavy atom. The van der Waals surface area contributed by atoms with Gasteiger partial charge in [-0.3, -0.25) is 4.79 Å². The van der Waals surface area contributed by atoms with Crippen molar-refractivity contribution in [2.45, 2.75) is 39.2 Å². The van der Waals surface area contributed by atoms with E-state index >= 15 is 0 Å². The van der Waals surface area contributed by atoms with Crippen LogP contribution < -0.4 is 4.90 Å². The van der Waals surface area contributed by atoms with Crippen molar-refractivity contribution in [3.63, 3.8) is 0 Å². The van der Waals surface area contributed by atoms with E-state index in [-0.39, 0.29) is 23.5 Å². The standard InChI is InChI=1S/C18H27N3O3S/c1-3-21(16-8-10-25(23,24)13-16)15-6-7-17(19-11-15)18(22)20-9-4-5-14(2)12-20/h6-7,11,14,16H,3-5,8-10,12-13H2,1-2H3. The molecule has 0 bridgehead atoms. The Labute approximate surface area is 150 Å². The fourth-order valence-corrected chi connectivity index (χ4v) is 5.62. The molecule has 1 aromatic rings. The van der Waals surface area contributed by atoms with Gasteiger partial charge in [0.25, 0.3) is 5.91 Å². The summed E-state index contributed by atoms with van der Waals surface area (Å²) in [6.07, 6.45) is 4.58. The Kier molecular flexibility index (Phi) is 5.32. The van der Waals surface area contributed by atoms with E-state index in [1.54, 1.807) is 12.3 Å². The van der Waals surface area contributed by atoms with Crippen LogP contribution >= 0.6 is 0 Å². The number of rotatable bonds is 4. The van der Waals surface area contributed by atoms with Gasteiger partial charge in [-0.2, -0.15) is 0 Å². The van der Waals surface area contributed by atoms with Gasteiger partial charge in [-0.15, -0.1) is 0 Å². The highest BCUT2D eigenvalue weighted by molar-refractivity contribution is 7.91. The Balaban J connectivity index is 1.71. The second-order valence-corrected chi connectivity index (χ2v) is 9.47. The van der Waals surface area contributed by atoms with Crippen molar-refractivity contribution in [2.75, 3.05) is 36.0 Å². The summed E-state index contributed by atoms with van der Waals surface area (Å²) in [6.45, 7) is 6.50. The minimum Gasteiger partial charge on any atom is -0.367 e. The molecule has 2 aliphatic rings. The maximum atomic E-state index is 12.6. The van der Waals surface area contributed by atoms with E-state index in [4.69, 9.17) is 0 Å². The summed E-state index contributed by atoms with van der Waals surface area (Å²) in [5.74, 6) is 0.986. The lowest BCUT2D eigenvalue weighted by Gasteiger charge is -2.31. The molecular weight excluding hydrogens is 338 g/mol. The molecule has 138 valence electrons. The van der Waals surface area contributed by atoms with Crippen molar-refractivity contribution >= 4 is 21.4 Å². The van der Waals surface area contributed by atoms with Crippen LogP contribution in [-0.4, -0.2) is 61.4 Å². The van der Waals surface area contributed by atoms with Gasteiger partial charge in [-0.05, 0) is 44.2 Å². The minimum atomic E-state index is -2.92. The van der Waals surface area contributed by atoms with Crippen molar-refractivity contribution in [2.24, 2.45) is 5.92 Å². The lowest BCUT2D eigenvalue weighted by molar-refractivity contribution is 0.0677. The number of sulfone groups is 1. The largest absolute Gasteiger partial charge is 0.367 e. The summed E-state index contributed by atoms with van der Waals surface area (Å²) in [5.41, 5.74) is 1.35. The van der Waals surface area contributed by atoms with E-state index < -0.39 is 9.84 Å². The van der Waals surface area contributed by atoms with Gasteiger partial charge < -0.3 is 9.80 Å². The smallest absolute Gasteiger partial charge is 0.272 e. The zero-order valence-corrected chi connectivity index (χ0v) is 15.8. The van der Waals surface area contributed by atoms with Gasteiger partial charge >= 0.3 is 0 Å². The molecule has 2 unspecified atom stereocenters. The zero-order chi connectivity index (χ0) is 18.0. The predicted molar refractivity (Wildman–Crippen MR) is 98.6 cm³/mol. The number of hydrogen-bond donors (Lipinski definition) is 0. The van der Waals surface area contributed by atoms with Crippen LogP contribution in [0.15, 0.2) is 18.3 Å². The Morgan fingerprint density at radius 2 is 2.16 bits per heavy atom. The van der Waals surface area contributed by atoms with Gasteiger partial charge in [0.05, 0.1) is 23.4 Å². The van der Waals surface area contributed by atoms with Crippen LogP contribution in [0.2, 0.25) is 0 Å². The molecule has 0 saturated carbocycles. The first-order valence-electron chi connectivity index (χ1n) is 9.12. The van der Waals surface area contributed by atoms with Crippen LogP contribution in [0.25, 0.3) is 0 Å². The van der Waals surface area contributed by atoms with E-state index in [0.717, 1.165) is 31.7 Å². The molecule has 0 N–H and O–H groups in total. The second kappa shape index (κ2) is 7.32. The summed E-state index contributed by atoms with van der Waals surface area (Å²) < 4.78 is 23.5. The van der Waals surface area contributed by atoms with Crippen LogP contribution in [0.1, 0.15) is 43.6 Å². The molecule has 0 aromatic carbocycles. The van der Waals surface area contributed by atoms with Crippen LogP contribution in [0.4, 0.5) is 5.69 Å². The van der Waals surface area contributed by atoms with Gasteiger partial charge in [0.2, 0.25) is 0 Å². The highest BCUT2D eigenvalue weighted by Crippen LogP contribution is 2.24. The molecule has 0 radical (unpaired) electrons. The number of nitrogens with zero attached hydrogens (tertiary/aromatic N) is 3. The second-order valence-electron chi connectivity index (χ2n) is 7.24. The summed E-state index contributed by atoms with van der Waals surface area (Å²) in [7, 11) is -2.92. The molecule has 25 heavy (non-hydrogen) atoms. The molecule has 1 aromatic heterocycles. The van der Waals surface area contributed by atoms with E-state index in [0.29, 0.717) is 18.0 Å². The number of hydrogen-bond acceptors (Lipinski definition) is 5. The molecular formula is C18H27N3O3S. The third-order valence-corrected chi connectivity index (χ3v) is 6.98. The first-order valence-corrected chi connectivity index (χ1v) is 10.9. The number of carbonyl (C=O) groups is 1. The quantitative estimate of drug-likeness (QED) is 0.816. The Bertz CT molecular complexity index is 718. The molecule has 2 saturated heterocycles. The van der Waals surface area contributed by atoms with Crippen molar-refractivity contribution in [1.29, 1.82) is 0 Å². The average Bonchev–Trinajstić information content (AvgIpc) is 2.95. The number of carbonyl (C=O) groups excluding carboxylic acids is 1. The van der Waals surface area contributed by atoms with Gasteiger partial charge in [0, 0.05) is 25.7 Å². The van der Waals surface area contributed by atoms with E-state index in [1.165, 1.54) is 6.42 Å². The lowest BCUT2D eigenvalue weighted by atomic mass is 10.00. The van der Waals surface area contributed by atoms with Crippen LogP contribution in [0, 0.1) is 5.92 Å². The van der Waals surface area contributed by atoms with Crippen molar-refractivity contribution in [3.8, 4) is 0 Å². The molecule has 2 atom stereocenters. The summed E-state index contributed by atoms with van der Waals surface area (Å²) >= 11 is 0. The molecule has 7 heteroatoms. The van der Waals surface area contributed by atoms with Crippen molar-refractivity contribution in [1.82, 2.24) is 9.88 Å². The van der Waals surface area contributed by atoms with Gasteiger partial charge in [0.1, 0.15) is 5.69 Å². The predicted octanol–water partition coefficient (Wildman–Crippen LogP) is 1.97. The van der Waals surface area contributed by atoms with Gasteiger partial charge in [-0.1, -0.05) is 6.92 Å². The number of anilines is 1. The average molecular weight is 365 g/mol. The molecule has 1 amide bonds. The van der Waals surface area contributed by atoms with Crippen LogP contribution in [-0.2, 0) is 9.84 Å². The summed E-state index contributed by atoms with van der Waals surface area (Å²) in [6, 6.07) is 3.66. The van der Waals surface area contributed by atoms with E-state index in [1.807, 2.05) is 17.9 Å². The zero-order valence-electron chi connectivity index (χ0n) is 15.0. The van der Waals surface area contributed by atoms with Gasteiger partial charge in [-0.25, -0.2) is 13.4 Å². The monoisotopic (exact) mass is 365 g/mol. The highest BCUT2D eigenvalue weighted by atomic mass is 32.2. The summed E-state index contributed by atoms with van der Waals surface area (Å²) in [4.78, 5) is 20.9. The maximum Gasteiger partial charge on any atom is 0.272 e. The molecule has 2 aliphatic heterocycles. The maximum absolute atomic E-state index is 12.6. The Hall–Kier alpha value is -1.63. The first kappa shape index (κ1) is 18.2. The SMILES string of the molecule is CCN(c1ccc(C(=O)N2CCCC(C)C2)nc1)C1CCS(=O)(=O)C1. The number of likely N-dealkylation sites (tertiary alicyclic amines) is 1. The van der Waals surface area contributed by atoms with Crippen molar-refractivity contribution < 1.29 is 13.2 Å². The fraction of sp³-hybridized carbons (Fsp3) is 0.667. The third kappa shape index (κ3) is 4.14. The Morgan fingerprint density at radius 3 is 2.72 bits per heavy atom. The van der Waals surface area contributed by atoms with Crippen LogP contribution in [0.3, 0.4) is 0 Å². The fourth-order valence-electron chi connectivity index (χ4n) is 3.89. The van der Waals surface area contributed by atoms with Gasteiger partial charge in [0.15, 0.2) is 9.84 Å². The normalized spacial score (nSPS) is 25.8. The molecule has 3 rings (SSSR count). The minimum absolute atomic E-state index is 0.00120. The lowest BCUT2D eigenvalue weighted by Crippen LogP contribution is -2.39. The van der Waals surface area contributed by atoms with E-state index in [9.17, 15) is 13.2 Å². The topological polar surface area (TPSA) is 70.6 Å². The van der Waals surface area contributed by atoms with Crippen LogP contribution in [0.5, 0.6) is 0 Å². The molecule has 0 aliphatic carbocycles. The third-order valence-electron chi connectivity index (χ3n) is 5.23. The number of pyridine rings is 1. The number of amides is 1. The highest BCUT2D eigenvalue weighted by Gasteiger charge is 2.32. The number of piperidine rings is 1. The molecule has 0 spiro atoms. The van der Waals surface area contributed by atoms with Crippen molar-refractivity contribution in [3.05, 3.63) is 24.0 Å². The molecule has 3 heterocycles. The number of aromatic nitrogens is 1. The summed E-state index contributed by atoms with van der Waals surface area (Å²) in [5, 5.41) is 0. The first-order chi connectivity index (χ1) is 11.9. The molecule has 6 nitrogen and oxygen atoms in total. The molecule has 2 fully saturated rings.